The van der Waals surface area contributed by atoms with Crippen molar-refractivity contribution in [3.8, 4) is 0 Å². The number of allylic oxidation sites excluding steroid dienone is 2. The third-order valence-corrected chi connectivity index (χ3v) is 2.99. The van der Waals surface area contributed by atoms with Crippen molar-refractivity contribution in [2.45, 2.75) is 0 Å². The first-order valence-electron chi connectivity index (χ1n) is 6.39. The molecule has 6 heteroatoms. The maximum absolute atomic E-state index is 13.1. The Balaban J connectivity index is 2.61. The molecule has 1 heterocycles. The molecule has 114 valence electrons. The number of hydrogen-bond donors (Lipinski definition) is 0. The predicted molar refractivity (Wildman–Crippen MR) is 78.2 cm³/mol. The average molecular weight is 303 g/mol. The quantitative estimate of drug-likeness (QED) is 0.802. The minimum absolute atomic E-state index is 0.00837. The molecule has 1 aromatic carbocycles. The van der Waals surface area contributed by atoms with Crippen LogP contribution in [-0.4, -0.2) is 26.2 Å². The van der Waals surface area contributed by atoms with Crippen molar-refractivity contribution < 1.29 is 23.5 Å². The van der Waals surface area contributed by atoms with Crippen LogP contribution in [0.4, 0.5) is 10.1 Å². The SMILES string of the molecule is COC(=O)C1=C(C(=O)OC)N(c2ccc(F)cc2)C=CC=C1. The van der Waals surface area contributed by atoms with Crippen LogP contribution in [-0.2, 0) is 19.1 Å². The molecule has 0 spiro atoms. The van der Waals surface area contributed by atoms with Crippen molar-refractivity contribution in [1.29, 1.82) is 0 Å². The zero-order chi connectivity index (χ0) is 16.1. The Labute approximate surface area is 126 Å². The molecular weight excluding hydrogens is 289 g/mol. The van der Waals surface area contributed by atoms with E-state index in [0.717, 1.165) is 0 Å². The van der Waals surface area contributed by atoms with E-state index in [0.29, 0.717) is 5.69 Å². The number of anilines is 1. The maximum atomic E-state index is 13.1. The lowest BCUT2D eigenvalue weighted by Crippen LogP contribution is -2.26. The fourth-order valence-electron chi connectivity index (χ4n) is 1.97. The van der Waals surface area contributed by atoms with Gasteiger partial charge in [0.05, 0.1) is 19.8 Å². The smallest absolute Gasteiger partial charge is 0.355 e. The molecule has 1 aliphatic heterocycles. The summed E-state index contributed by atoms with van der Waals surface area (Å²) in [7, 11) is 2.43. The number of nitrogens with zero attached hydrogens (tertiary/aromatic N) is 1. The molecule has 0 saturated heterocycles. The van der Waals surface area contributed by atoms with Crippen LogP contribution in [0.1, 0.15) is 0 Å². The van der Waals surface area contributed by atoms with Gasteiger partial charge < -0.3 is 14.4 Å². The summed E-state index contributed by atoms with van der Waals surface area (Å²) in [6.45, 7) is 0. The molecule has 1 aliphatic rings. The lowest BCUT2D eigenvalue weighted by Gasteiger charge is -2.22. The zero-order valence-electron chi connectivity index (χ0n) is 12.1. The fourth-order valence-corrected chi connectivity index (χ4v) is 1.97. The summed E-state index contributed by atoms with van der Waals surface area (Å²) in [5, 5.41) is 0. The molecule has 1 aromatic rings. The van der Waals surface area contributed by atoms with Gasteiger partial charge in [-0.05, 0) is 36.4 Å². The first-order chi connectivity index (χ1) is 10.6. The van der Waals surface area contributed by atoms with Crippen LogP contribution in [0, 0.1) is 5.82 Å². The normalized spacial score (nSPS) is 13.9. The van der Waals surface area contributed by atoms with Crippen LogP contribution in [0.3, 0.4) is 0 Å². The highest BCUT2D eigenvalue weighted by molar-refractivity contribution is 6.05. The van der Waals surface area contributed by atoms with Gasteiger partial charge in [-0.1, -0.05) is 6.08 Å². The van der Waals surface area contributed by atoms with E-state index in [9.17, 15) is 14.0 Å². The third-order valence-electron chi connectivity index (χ3n) is 2.99. The number of ether oxygens (including phenoxy) is 2. The summed E-state index contributed by atoms with van der Waals surface area (Å²) in [5.41, 5.74) is 0.540. The van der Waals surface area contributed by atoms with E-state index >= 15 is 0 Å². The second kappa shape index (κ2) is 6.71. The highest BCUT2D eigenvalue weighted by atomic mass is 19.1. The Morgan fingerprint density at radius 3 is 2.23 bits per heavy atom. The molecule has 0 bridgehead atoms. The van der Waals surface area contributed by atoms with Crippen molar-refractivity contribution in [3.63, 3.8) is 0 Å². The molecular formula is C16H14FNO4. The van der Waals surface area contributed by atoms with Gasteiger partial charge in [0.15, 0.2) is 0 Å². The number of carbonyl (C=O) groups is 2. The van der Waals surface area contributed by atoms with Crippen LogP contribution in [0.25, 0.3) is 0 Å². The van der Waals surface area contributed by atoms with Crippen LogP contribution >= 0.6 is 0 Å². The summed E-state index contributed by atoms with van der Waals surface area (Å²) in [4.78, 5) is 25.5. The van der Waals surface area contributed by atoms with Gasteiger partial charge in [0.25, 0.3) is 0 Å². The average Bonchev–Trinajstić information content (AvgIpc) is 2.77. The van der Waals surface area contributed by atoms with Crippen LogP contribution < -0.4 is 4.90 Å². The number of halogens is 1. The summed E-state index contributed by atoms with van der Waals surface area (Å²) in [6.07, 6.45) is 6.27. The second-order valence-electron chi connectivity index (χ2n) is 4.29. The Bertz CT molecular complexity index is 674. The van der Waals surface area contributed by atoms with Gasteiger partial charge in [-0.2, -0.15) is 0 Å². The van der Waals surface area contributed by atoms with E-state index in [1.165, 1.54) is 49.5 Å². The summed E-state index contributed by atoms with van der Waals surface area (Å²) in [6, 6.07) is 5.49. The number of hydrogen-bond acceptors (Lipinski definition) is 5. The van der Waals surface area contributed by atoms with E-state index in [-0.39, 0.29) is 11.3 Å². The third kappa shape index (κ3) is 3.06. The van der Waals surface area contributed by atoms with Gasteiger partial charge in [0.2, 0.25) is 0 Å². The summed E-state index contributed by atoms with van der Waals surface area (Å²) < 4.78 is 22.5. The molecule has 0 saturated carbocycles. The molecule has 0 fully saturated rings. The van der Waals surface area contributed by atoms with Crippen molar-refractivity contribution in [3.05, 3.63) is 65.8 Å². The monoisotopic (exact) mass is 303 g/mol. The molecule has 0 unspecified atom stereocenters. The van der Waals surface area contributed by atoms with Crippen molar-refractivity contribution >= 4 is 17.6 Å². The van der Waals surface area contributed by atoms with Gasteiger partial charge >= 0.3 is 11.9 Å². The van der Waals surface area contributed by atoms with Gasteiger partial charge in [-0.15, -0.1) is 0 Å². The summed E-state index contributed by atoms with van der Waals surface area (Å²) in [5.74, 6) is -1.79. The lowest BCUT2D eigenvalue weighted by molar-refractivity contribution is -0.139. The van der Waals surface area contributed by atoms with Crippen molar-refractivity contribution in [2.24, 2.45) is 0 Å². The molecule has 5 nitrogen and oxygen atoms in total. The molecule has 0 radical (unpaired) electrons. The van der Waals surface area contributed by atoms with E-state index in [2.05, 4.69) is 0 Å². The van der Waals surface area contributed by atoms with Crippen molar-refractivity contribution in [2.75, 3.05) is 19.1 Å². The van der Waals surface area contributed by atoms with Crippen molar-refractivity contribution in [1.82, 2.24) is 0 Å². The van der Waals surface area contributed by atoms with Gasteiger partial charge in [-0.25, -0.2) is 14.0 Å². The molecule has 0 amide bonds. The number of esters is 2. The summed E-state index contributed by atoms with van der Waals surface area (Å²) >= 11 is 0. The molecule has 0 N–H and O–H groups in total. The van der Waals surface area contributed by atoms with Crippen LogP contribution in [0.5, 0.6) is 0 Å². The number of benzene rings is 1. The van der Waals surface area contributed by atoms with E-state index in [4.69, 9.17) is 9.47 Å². The highest BCUT2D eigenvalue weighted by Crippen LogP contribution is 2.26. The minimum Gasteiger partial charge on any atom is -0.465 e. The molecule has 0 aromatic heterocycles. The molecule has 2 rings (SSSR count). The fraction of sp³-hybridized carbons (Fsp3) is 0.125. The zero-order valence-corrected chi connectivity index (χ0v) is 12.1. The molecule has 0 atom stereocenters. The largest absolute Gasteiger partial charge is 0.465 e. The Kier molecular flexibility index (Phi) is 4.73. The van der Waals surface area contributed by atoms with Gasteiger partial charge in [-0.3, -0.25) is 0 Å². The molecule has 0 aliphatic carbocycles. The van der Waals surface area contributed by atoms with E-state index in [1.54, 1.807) is 18.4 Å². The second-order valence-corrected chi connectivity index (χ2v) is 4.29. The van der Waals surface area contributed by atoms with E-state index < -0.39 is 17.8 Å². The predicted octanol–water partition coefficient (Wildman–Crippen LogP) is 2.32. The number of rotatable bonds is 3. The molecule has 22 heavy (non-hydrogen) atoms. The topological polar surface area (TPSA) is 55.8 Å². The van der Waals surface area contributed by atoms with Gasteiger partial charge in [0, 0.05) is 11.9 Å². The Hall–Kier alpha value is -2.89. The van der Waals surface area contributed by atoms with Gasteiger partial charge in [0.1, 0.15) is 11.5 Å². The minimum atomic E-state index is -0.707. The highest BCUT2D eigenvalue weighted by Gasteiger charge is 2.27. The Morgan fingerprint density at radius 2 is 1.64 bits per heavy atom. The lowest BCUT2D eigenvalue weighted by atomic mass is 10.1. The standard InChI is InChI=1S/C16H14FNO4/c1-21-15(19)13-5-3-4-10-18(14(13)16(20)22-2)12-8-6-11(17)7-9-12/h3-10H,1-2H3. The maximum Gasteiger partial charge on any atom is 0.355 e. The first-order valence-corrected chi connectivity index (χ1v) is 6.39. The number of carbonyl (C=O) groups excluding carboxylic acids is 2. The van der Waals surface area contributed by atoms with Crippen LogP contribution in [0.15, 0.2) is 60.0 Å². The van der Waals surface area contributed by atoms with Crippen LogP contribution in [0.2, 0.25) is 0 Å². The Morgan fingerprint density at radius 1 is 1.00 bits per heavy atom. The van der Waals surface area contributed by atoms with E-state index in [1.807, 2.05) is 0 Å². The number of methoxy groups -OCH3 is 2. The first kappa shape index (κ1) is 15.5.